The molecule has 0 fully saturated rings. The molecule has 0 aliphatic rings. The molecular formula is C15H13Cl2N3OS. The van der Waals surface area contributed by atoms with E-state index < -0.39 is 0 Å². The van der Waals surface area contributed by atoms with Crippen LogP contribution in [0.2, 0.25) is 10.0 Å². The normalized spacial score (nSPS) is 10.6. The van der Waals surface area contributed by atoms with E-state index in [4.69, 9.17) is 33.7 Å². The largest absolute Gasteiger partial charge is 0.489 e. The maximum Gasteiger partial charge on any atom is 0.184 e. The second-order valence-corrected chi connectivity index (χ2v) is 5.55. The summed E-state index contributed by atoms with van der Waals surface area (Å²) < 4.78 is 5.68. The van der Waals surface area contributed by atoms with E-state index in [0.29, 0.717) is 22.4 Å². The molecule has 114 valence electrons. The monoisotopic (exact) mass is 353 g/mol. The maximum absolute atomic E-state index is 6.09. The number of nitrogens with two attached hydrogens (primary N) is 1. The Morgan fingerprint density at radius 1 is 1.18 bits per heavy atom. The third kappa shape index (κ3) is 4.87. The predicted molar refractivity (Wildman–Crippen MR) is 94.8 cm³/mol. The molecule has 4 nitrogen and oxygen atoms in total. The number of nitrogens with zero attached hydrogens (tertiary/aromatic N) is 1. The molecule has 7 heteroatoms. The van der Waals surface area contributed by atoms with E-state index in [9.17, 15) is 0 Å². The van der Waals surface area contributed by atoms with Gasteiger partial charge in [0.2, 0.25) is 0 Å². The molecule has 2 aromatic rings. The smallest absolute Gasteiger partial charge is 0.184 e. The van der Waals surface area contributed by atoms with E-state index in [0.717, 1.165) is 11.1 Å². The molecule has 0 saturated heterocycles. The zero-order valence-electron chi connectivity index (χ0n) is 11.4. The van der Waals surface area contributed by atoms with Crippen LogP contribution in [0.4, 0.5) is 0 Å². The molecule has 0 spiro atoms. The maximum atomic E-state index is 6.09. The molecule has 3 N–H and O–H groups in total. The molecule has 0 unspecified atom stereocenters. The van der Waals surface area contributed by atoms with Gasteiger partial charge >= 0.3 is 0 Å². The first-order valence-corrected chi connectivity index (χ1v) is 7.47. The minimum atomic E-state index is 0.118. The van der Waals surface area contributed by atoms with Gasteiger partial charge in [0.25, 0.3) is 0 Å². The lowest BCUT2D eigenvalue weighted by Crippen LogP contribution is -2.23. The van der Waals surface area contributed by atoms with Crippen molar-refractivity contribution in [2.75, 3.05) is 0 Å². The minimum absolute atomic E-state index is 0.118. The Morgan fingerprint density at radius 2 is 1.82 bits per heavy atom. The predicted octanol–water partition coefficient (Wildman–Crippen LogP) is 3.74. The highest BCUT2D eigenvalue weighted by Gasteiger charge is 2.06. The molecule has 2 aromatic carbocycles. The van der Waals surface area contributed by atoms with Gasteiger partial charge in [0.1, 0.15) is 12.4 Å². The van der Waals surface area contributed by atoms with E-state index in [2.05, 4.69) is 22.7 Å². The Labute approximate surface area is 143 Å². The van der Waals surface area contributed by atoms with E-state index in [-0.39, 0.29) is 5.11 Å². The van der Waals surface area contributed by atoms with E-state index in [1.807, 2.05) is 24.3 Å². The molecular weight excluding hydrogens is 341 g/mol. The molecule has 0 bridgehead atoms. The van der Waals surface area contributed by atoms with Crippen molar-refractivity contribution in [3.05, 3.63) is 63.6 Å². The van der Waals surface area contributed by atoms with Gasteiger partial charge in [0, 0.05) is 15.6 Å². The van der Waals surface area contributed by atoms with Crippen molar-refractivity contribution < 1.29 is 4.74 Å². The highest BCUT2D eigenvalue weighted by Crippen LogP contribution is 2.25. The summed E-state index contributed by atoms with van der Waals surface area (Å²) in [7, 11) is 0. The van der Waals surface area contributed by atoms with Crippen molar-refractivity contribution in [3.8, 4) is 5.75 Å². The third-order valence-electron chi connectivity index (χ3n) is 2.71. The summed E-state index contributed by atoms with van der Waals surface area (Å²) in [4.78, 5) is 0. The van der Waals surface area contributed by atoms with Crippen LogP contribution in [0.25, 0.3) is 0 Å². The summed E-state index contributed by atoms with van der Waals surface area (Å²) in [6.45, 7) is 0.301. The fourth-order valence-electron chi connectivity index (χ4n) is 1.65. The number of benzene rings is 2. The topological polar surface area (TPSA) is 59.6 Å². The Morgan fingerprint density at radius 3 is 2.41 bits per heavy atom. The van der Waals surface area contributed by atoms with Gasteiger partial charge < -0.3 is 10.5 Å². The van der Waals surface area contributed by atoms with Gasteiger partial charge in [-0.1, -0.05) is 29.3 Å². The summed E-state index contributed by atoms with van der Waals surface area (Å²) in [5, 5.41) is 5.16. The Bertz CT molecular complexity index is 669. The molecule has 22 heavy (non-hydrogen) atoms. The summed E-state index contributed by atoms with van der Waals surface area (Å²) >= 11 is 16.8. The molecule has 0 aliphatic heterocycles. The second-order valence-electron chi connectivity index (χ2n) is 4.29. The van der Waals surface area contributed by atoms with Crippen molar-refractivity contribution in [1.29, 1.82) is 0 Å². The van der Waals surface area contributed by atoms with Gasteiger partial charge in [0.15, 0.2) is 5.11 Å². The number of thiocarbonyl (C=S) groups is 1. The molecule has 0 heterocycles. The highest BCUT2D eigenvalue weighted by atomic mass is 35.5. The summed E-state index contributed by atoms with van der Waals surface area (Å²) in [5.74, 6) is 0.704. The third-order valence-corrected chi connectivity index (χ3v) is 3.51. The van der Waals surface area contributed by atoms with Crippen molar-refractivity contribution >= 4 is 46.7 Å². The lowest BCUT2D eigenvalue weighted by atomic mass is 10.2. The van der Waals surface area contributed by atoms with Crippen LogP contribution in [0.1, 0.15) is 11.1 Å². The first-order chi connectivity index (χ1) is 10.6. The van der Waals surface area contributed by atoms with E-state index in [1.54, 1.807) is 24.4 Å². The fraction of sp³-hybridized carbons (Fsp3) is 0.0667. The Balaban J connectivity index is 1.97. The van der Waals surface area contributed by atoms with Crippen molar-refractivity contribution in [2.24, 2.45) is 10.8 Å². The van der Waals surface area contributed by atoms with Crippen LogP contribution in [0.3, 0.4) is 0 Å². The van der Waals surface area contributed by atoms with Gasteiger partial charge in [-0.3, -0.25) is 5.43 Å². The molecule has 2 rings (SSSR count). The average Bonchev–Trinajstić information content (AvgIpc) is 2.48. The van der Waals surface area contributed by atoms with Gasteiger partial charge in [0.05, 0.1) is 6.21 Å². The van der Waals surface area contributed by atoms with Crippen molar-refractivity contribution in [3.63, 3.8) is 0 Å². The summed E-state index contributed by atoms with van der Waals surface area (Å²) in [5.41, 5.74) is 9.39. The molecule has 0 amide bonds. The molecule has 0 aliphatic carbocycles. The number of hydrogen-bond donors (Lipinski definition) is 2. The zero-order valence-corrected chi connectivity index (χ0v) is 13.8. The molecule has 0 aromatic heterocycles. The summed E-state index contributed by atoms with van der Waals surface area (Å²) in [6.07, 6.45) is 1.61. The lowest BCUT2D eigenvalue weighted by molar-refractivity contribution is 0.306. The van der Waals surface area contributed by atoms with Crippen LogP contribution < -0.4 is 15.9 Å². The lowest BCUT2D eigenvalue weighted by Gasteiger charge is -2.09. The Kier molecular flexibility index (Phi) is 6.00. The SMILES string of the molecule is NC(=S)N/N=C\c1ccc(OCc2c(Cl)cccc2Cl)cc1. The van der Waals surface area contributed by atoms with E-state index >= 15 is 0 Å². The number of hydrogen-bond acceptors (Lipinski definition) is 3. The number of nitrogens with one attached hydrogen (secondary N) is 1. The minimum Gasteiger partial charge on any atom is -0.489 e. The highest BCUT2D eigenvalue weighted by molar-refractivity contribution is 7.80. The van der Waals surface area contributed by atoms with Crippen LogP contribution in [-0.2, 0) is 6.61 Å². The van der Waals surface area contributed by atoms with Crippen LogP contribution in [0.5, 0.6) is 5.75 Å². The summed E-state index contributed by atoms with van der Waals surface area (Å²) in [6, 6.07) is 12.7. The van der Waals surface area contributed by atoms with Gasteiger partial charge in [-0.25, -0.2) is 0 Å². The van der Waals surface area contributed by atoms with Crippen LogP contribution in [-0.4, -0.2) is 11.3 Å². The van der Waals surface area contributed by atoms with Crippen molar-refractivity contribution in [1.82, 2.24) is 5.43 Å². The fourth-order valence-corrected chi connectivity index (χ4v) is 2.21. The number of hydrazone groups is 1. The zero-order chi connectivity index (χ0) is 15.9. The quantitative estimate of drug-likeness (QED) is 0.488. The molecule has 0 radical (unpaired) electrons. The Hall–Kier alpha value is -1.82. The number of rotatable bonds is 5. The first kappa shape index (κ1) is 16.5. The van der Waals surface area contributed by atoms with E-state index in [1.165, 1.54) is 0 Å². The van der Waals surface area contributed by atoms with Gasteiger partial charge in [-0.2, -0.15) is 5.10 Å². The van der Waals surface area contributed by atoms with Gasteiger partial charge in [-0.05, 0) is 54.2 Å². The van der Waals surface area contributed by atoms with Crippen molar-refractivity contribution in [2.45, 2.75) is 6.61 Å². The van der Waals surface area contributed by atoms with Gasteiger partial charge in [-0.15, -0.1) is 0 Å². The standard InChI is InChI=1S/C15H13Cl2N3OS/c16-13-2-1-3-14(17)12(13)9-21-11-6-4-10(5-7-11)8-19-20-15(18)22/h1-8H,9H2,(H3,18,20,22)/b19-8-. The average molecular weight is 354 g/mol. The van der Waals surface area contributed by atoms with Crippen LogP contribution >= 0.6 is 35.4 Å². The number of halogens is 2. The number of ether oxygens (including phenoxy) is 1. The molecule has 0 saturated carbocycles. The first-order valence-electron chi connectivity index (χ1n) is 6.30. The molecule has 0 atom stereocenters. The second kappa shape index (κ2) is 7.98. The van der Waals surface area contributed by atoms with Crippen LogP contribution in [0.15, 0.2) is 47.6 Å². The van der Waals surface area contributed by atoms with Crippen LogP contribution in [0, 0.1) is 0 Å².